The molecule has 0 unspecified atom stereocenters. The lowest BCUT2D eigenvalue weighted by Crippen LogP contribution is -1.97. The lowest BCUT2D eigenvalue weighted by atomic mass is 10.1. The Balaban J connectivity index is 2.95. The van der Waals surface area contributed by atoms with Gasteiger partial charge in [-0.25, -0.2) is 0 Å². The Kier molecular flexibility index (Phi) is 4.59. The summed E-state index contributed by atoms with van der Waals surface area (Å²) in [5, 5.41) is 8.76. The minimum atomic E-state index is -0.395. The molecule has 0 heterocycles. The zero-order valence-corrected chi connectivity index (χ0v) is 9.61. The Morgan fingerprint density at radius 2 is 2.18 bits per heavy atom. The first kappa shape index (κ1) is 12.6. The predicted molar refractivity (Wildman–Crippen MR) is 61.2 cm³/mol. The number of ether oxygens (including phenoxy) is 2. The van der Waals surface area contributed by atoms with Crippen LogP contribution in [0.25, 0.3) is 0 Å². The molecule has 4 nitrogen and oxygen atoms in total. The highest BCUT2D eigenvalue weighted by molar-refractivity contribution is 5.72. The van der Waals surface area contributed by atoms with Crippen molar-refractivity contribution in [2.45, 2.75) is 6.42 Å². The van der Waals surface area contributed by atoms with Gasteiger partial charge in [-0.05, 0) is 18.2 Å². The molecule has 4 heteroatoms. The topological polar surface area (TPSA) is 59.3 Å². The van der Waals surface area contributed by atoms with E-state index in [-0.39, 0.29) is 6.42 Å². The van der Waals surface area contributed by atoms with Crippen molar-refractivity contribution in [3.63, 3.8) is 0 Å². The van der Waals surface area contributed by atoms with Crippen LogP contribution in [0.4, 0.5) is 0 Å². The predicted octanol–water partition coefficient (Wildman–Crippen LogP) is 1.48. The molecule has 0 saturated carbocycles. The van der Waals surface area contributed by atoms with Crippen molar-refractivity contribution in [3.05, 3.63) is 29.3 Å². The van der Waals surface area contributed by atoms with Crippen LogP contribution in [0.2, 0.25) is 0 Å². The molecule has 0 N–H and O–H groups in total. The highest BCUT2D eigenvalue weighted by Gasteiger charge is 2.01. The fourth-order valence-corrected chi connectivity index (χ4v) is 1.16. The number of rotatable bonds is 2. The molecule has 0 aliphatic carbocycles. The minimum Gasteiger partial charge on any atom is -0.495 e. The van der Waals surface area contributed by atoms with Crippen LogP contribution in [0.1, 0.15) is 17.5 Å². The zero-order valence-electron chi connectivity index (χ0n) is 9.61. The van der Waals surface area contributed by atoms with E-state index >= 15 is 0 Å². The van der Waals surface area contributed by atoms with Crippen LogP contribution in [0, 0.1) is 23.2 Å². The van der Waals surface area contributed by atoms with Crippen molar-refractivity contribution in [1.82, 2.24) is 0 Å². The summed E-state index contributed by atoms with van der Waals surface area (Å²) in [5.74, 6) is 5.62. The lowest BCUT2D eigenvalue weighted by molar-refractivity contribution is -0.139. The molecule has 0 aromatic heterocycles. The molecule has 0 radical (unpaired) electrons. The van der Waals surface area contributed by atoms with Crippen molar-refractivity contribution in [1.29, 1.82) is 5.26 Å². The second kappa shape index (κ2) is 6.19. The molecule has 0 saturated heterocycles. The number of benzene rings is 1. The van der Waals surface area contributed by atoms with Crippen molar-refractivity contribution < 1.29 is 14.3 Å². The summed E-state index contributed by atoms with van der Waals surface area (Å²) in [6.07, 6.45) is 0.0104. The number of nitrogens with zero attached hydrogens (tertiary/aromatic N) is 1. The molecule has 1 aromatic carbocycles. The Hall–Kier alpha value is -2.46. The maximum Gasteiger partial charge on any atom is 0.317 e. The van der Waals surface area contributed by atoms with E-state index in [1.54, 1.807) is 18.2 Å². The molecular weight excluding hydrogens is 218 g/mol. The average molecular weight is 229 g/mol. The standard InChI is InChI=1S/C13H11NO3/c1-16-12-7-6-10(9-14)8-11(12)4-3-5-13(15)17-2/h6-8H,5H2,1-2H3. The second-order valence-electron chi connectivity index (χ2n) is 3.08. The Bertz CT molecular complexity index is 518. The summed E-state index contributed by atoms with van der Waals surface area (Å²) in [7, 11) is 2.83. The number of hydrogen-bond donors (Lipinski definition) is 0. The van der Waals surface area contributed by atoms with Crippen LogP contribution >= 0.6 is 0 Å². The van der Waals surface area contributed by atoms with Gasteiger partial charge in [0.25, 0.3) is 0 Å². The van der Waals surface area contributed by atoms with Gasteiger partial charge in [-0.15, -0.1) is 0 Å². The third-order valence-electron chi connectivity index (χ3n) is 2.01. The second-order valence-corrected chi connectivity index (χ2v) is 3.08. The van der Waals surface area contributed by atoms with Gasteiger partial charge in [0.1, 0.15) is 12.2 Å². The first-order valence-corrected chi connectivity index (χ1v) is 4.85. The van der Waals surface area contributed by atoms with Gasteiger partial charge in [0.15, 0.2) is 0 Å². The highest BCUT2D eigenvalue weighted by Crippen LogP contribution is 2.18. The van der Waals surface area contributed by atoms with Gasteiger partial charge >= 0.3 is 5.97 Å². The third-order valence-corrected chi connectivity index (χ3v) is 2.01. The van der Waals surface area contributed by atoms with E-state index in [1.165, 1.54) is 14.2 Å². The van der Waals surface area contributed by atoms with Crippen LogP contribution < -0.4 is 4.74 Å². The zero-order chi connectivity index (χ0) is 12.7. The van der Waals surface area contributed by atoms with Gasteiger partial charge in [-0.1, -0.05) is 11.8 Å². The molecular formula is C13H11NO3. The molecule has 0 aliphatic heterocycles. The minimum absolute atomic E-state index is 0.0104. The number of esters is 1. The van der Waals surface area contributed by atoms with E-state index in [0.717, 1.165) is 0 Å². The summed E-state index contributed by atoms with van der Waals surface area (Å²) in [4.78, 5) is 10.9. The van der Waals surface area contributed by atoms with Crippen LogP contribution in [0.15, 0.2) is 18.2 Å². The van der Waals surface area contributed by atoms with E-state index in [0.29, 0.717) is 16.9 Å². The molecule has 17 heavy (non-hydrogen) atoms. The first-order chi connectivity index (χ1) is 8.21. The molecule has 0 aliphatic rings. The molecule has 1 aromatic rings. The largest absolute Gasteiger partial charge is 0.495 e. The maximum atomic E-state index is 10.9. The van der Waals surface area contributed by atoms with Crippen molar-refractivity contribution >= 4 is 5.97 Å². The number of methoxy groups -OCH3 is 2. The van der Waals surface area contributed by atoms with Crippen LogP contribution in [-0.4, -0.2) is 20.2 Å². The molecule has 0 amide bonds. The Labute approximate surface area is 99.8 Å². The van der Waals surface area contributed by atoms with Crippen molar-refractivity contribution in [3.8, 4) is 23.7 Å². The fourth-order valence-electron chi connectivity index (χ4n) is 1.16. The smallest absolute Gasteiger partial charge is 0.317 e. The van der Waals surface area contributed by atoms with E-state index < -0.39 is 5.97 Å². The van der Waals surface area contributed by atoms with E-state index in [9.17, 15) is 4.79 Å². The maximum absolute atomic E-state index is 10.9. The summed E-state index contributed by atoms with van der Waals surface area (Å²) in [5.41, 5.74) is 1.07. The number of nitriles is 1. The summed E-state index contributed by atoms with van der Waals surface area (Å²) in [6.45, 7) is 0. The highest BCUT2D eigenvalue weighted by atomic mass is 16.5. The monoisotopic (exact) mass is 229 g/mol. The van der Waals surface area contributed by atoms with Gasteiger partial charge in [-0.2, -0.15) is 5.26 Å². The number of carbonyl (C=O) groups excluding carboxylic acids is 1. The van der Waals surface area contributed by atoms with E-state index in [1.807, 2.05) is 6.07 Å². The Morgan fingerprint density at radius 3 is 2.76 bits per heavy atom. The first-order valence-electron chi connectivity index (χ1n) is 4.85. The van der Waals surface area contributed by atoms with Crippen LogP contribution in [0.3, 0.4) is 0 Å². The van der Waals surface area contributed by atoms with Crippen LogP contribution in [0.5, 0.6) is 5.75 Å². The molecule has 0 bridgehead atoms. The fraction of sp³-hybridized carbons (Fsp3) is 0.231. The van der Waals surface area contributed by atoms with Crippen LogP contribution in [-0.2, 0) is 9.53 Å². The molecule has 1 rings (SSSR count). The molecule has 0 spiro atoms. The SMILES string of the molecule is COC(=O)CC#Cc1cc(C#N)ccc1OC. The summed E-state index contributed by atoms with van der Waals surface area (Å²) in [6, 6.07) is 6.94. The van der Waals surface area contributed by atoms with Gasteiger partial charge < -0.3 is 9.47 Å². The molecule has 86 valence electrons. The summed E-state index contributed by atoms with van der Waals surface area (Å²) >= 11 is 0. The van der Waals surface area contributed by atoms with E-state index in [2.05, 4.69) is 16.6 Å². The average Bonchev–Trinajstić information content (AvgIpc) is 2.38. The van der Waals surface area contributed by atoms with Crippen molar-refractivity contribution in [2.75, 3.05) is 14.2 Å². The normalized spacial score (nSPS) is 8.53. The Morgan fingerprint density at radius 1 is 1.41 bits per heavy atom. The molecule has 0 atom stereocenters. The van der Waals surface area contributed by atoms with Gasteiger partial charge in [-0.3, -0.25) is 4.79 Å². The third kappa shape index (κ3) is 3.55. The number of hydrogen-bond acceptors (Lipinski definition) is 4. The lowest BCUT2D eigenvalue weighted by Gasteiger charge is -2.02. The molecule has 0 fully saturated rings. The van der Waals surface area contributed by atoms with Crippen molar-refractivity contribution in [2.24, 2.45) is 0 Å². The van der Waals surface area contributed by atoms with E-state index in [4.69, 9.17) is 10.00 Å². The summed E-state index contributed by atoms with van der Waals surface area (Å²) < 4.78 is 9.57. The van der Waals surface area contributed by atoms with Gasteiger partial charge in [0, 0.05) is 0 Å². The van der Waals surface area contributed by atoms with Gasteiger partial charge in [0.2, 0.25) is 0 Å². The van der Waals surface area contributed by atoms with Gasteiger partial charge in [0.05, 0.1) is 31.4 Å². The number of carbonyl (C=O) groups is 1. The quantitative estimate of drug-likeness (QED) is 0.569.